The Hall–Kier alpha value is -1.03. The van der Waals surface area contributed by atoms with Gasteiger partial charge in [-0.25, -0.2) is 0 Å². The van der Waals surface area contributed by atoms with Gasteiger partial charge in [0, 0.05) is 6.92 Å². The Labute approximate surface area is 63.0 Å². The number of hydrazine groups is 1. The van der Waals surface area contributed by atoms with Crippen LogP contribution >= 0.6 is 11.3 Å². The van der Waals surface area contributed by atoms with E-state index >= 15 is 0 Å². The number of carbonyl (C=O) groups excluding carboxylic acids is 1. The highest BCUT2D eigenvalue weighted by Crippen LogP contribution is 2.12. The van der Waals surface area contributed by atoms with Crippen molar-refractivity contribution < 1.29 is 4.79 Å². The van der Waals surface area contributed by atoms with Crippen molar-refractivity contribution >= 4 is 22.2 Å². The van der Waals surface area contributed by atoms with Crippen LogP contribution in [0.15, 0.2) is 17.5 Å². The first kappa shape index (κ1) is 7.08. The van der Waals surface area contributed by atoms with Crippen LogP contribution < -0.4 is 10.9 Å². The molecular formula is C6H8N2OS. The minimum Gasteiger partial charge on any atom is -0.289 e. The van der Waals surface area contributed by atoms with Crippen LogP contribution in [0.5, 0.6) is 0 Å². The van der Waals surface area contributed by atoms with Crippen molar-refractivity contribution in [2.24, 2.45) is 0 Å². The smallest absolute Gasteiger partial charge is 0.235 e. The summed E-state index contributed by atoms with van der Waals surface area (Å²) in [5, 5.41) is 2.87. The zero-order valence-electron chi connectivity index (χ0n) is 5.55. The van der Waals surface area contributed by atoms with Gasteiger partial charge < -0.3 is 0 Å². The quantitative estimate of drug-likeness (QED) is 0.632. The largest absolute Gasteiger partial charge is 0.289 e. The minimum atomic E-state index is -0.0894. The van der Waals surface area contributed by atoms with Crippen molar-refractivity contribution in [1.82, 2.24) is 5.43 Å². The third-order valence-corrected chi connectivity index (χ3v) is 1.67. The molecule has 0 aromatic carbocycles. The molecule has 0 spiro atoms. The van der Waals surface area contributed by atoms with Crippen molar-refractivity contribution in [3.63, 3.8) is 0 Å². The van der Waals surface area contributed by atoms with Crippen LogP contribution in [0.3, 0.4) is 0 Å². The fourth-order valence-electron chi connectivity index (χ4n) is 0.499. The molecule has 1 amide bonds. The van der Waals surface area contributed by atoms with Gasteiger partial charge >= 0.3 is 0 Å². The van der Waals surface area contributed by atoms with Crippen molar-refractivity contribution in [1.29, 1.82) is 0 Å². The maximum atomic E-state index is 10.4. The first-order valence-electron chi connectivity index (χ1n) is 2.85. The zero-order chi connectivity index (χ0) is 7.40. The summed E-state index contributed by atoms with van der Waals surface area (Å²) in [7, 11) is 0. The lowest BCUT2D eigenvalue weighted by molar-refractivity contribution is -0.118. The van der Waals surface area contributed by atoms with Gasteiger partial charge in [-0.3, -0.25) is 15.6 Å². The van der Waals surface area contributed by atoms with Gasteiger partial charge in [0.1, 0.15) is 5.00 Å². The maximum absolute atomic E-state index is 10.4. The Morgan fingerprint density at radius 1 is 1.70 bits per heavy atom. The van der Waals surface area contributed by atoms with E-state index in [1.807, 2.05) is 17.5 Å². The molecule has 54 valence electrons. The molecule has 0 saturated heterocycles. The maximum Gasteiger partial charge on any atom is 0.235 e. The summed E-state index contributed by atoms with van der Waals surface area (Å²) in [4.78, 5) is 10.4. The Kier molecular flexibility index (Phi) is 2.28. The van der Waals surface area contributed by atoms with Gasteiger partial charge in [0.2, 0.25) is 5.91 Å². The summed E-state index contributed by atoms with van der Waals surface area (Å²) in [5.74, 6) is -0.0894. The lowest BCUT2D eigenvalue weighted by Gasteiger charge is -2.00. The van der Waals surface area contributed by atoms with Crippen molar-refractivity contribution in [3.05, 3.63) is 17.5 Å². The van der Waals surface area contributed by atoms with E-state index in [4.69, 9.17) is 0 Å². The molecule has 10 heavy (non-hydrogen) atoms. The molecule has 3 nitrogen and oxygen atoms in total. The highest BCUT2D eigenvalue weighted by molar-refractivity contribution is 7.14. The number of nitrogens with one attached hydrogen (secondary N) is 2. The normalized spacial score (nSPS) is 8.90. The fraction of sp³-hybridized carbons (Fsp3) is 0.167. The molecule has 1 rings (SSSR count). The van der Waals surface area contributed by atoms with Gasteiger partial charge in [-0.15, -0.1) is 11.3 Å². The molecule has 1 heterocycles. The van der Waals surface area contributed by atoms with E-state index < -0.39 is 0 Å². The highest BCUT2D eigenvalue weighted by Gasteiger charge is 1.90. The second-order valence-corrected chi connectivity index (χ2v) is 2.73. The van der Waals surface area contributed by atoms with Crippen LogP contribution in [0, 0.1) is 0 Å². The first-order valence-corrected chi connectivity index (χ1v) is 3.73. The molecule has 1 aromatic rings. The van der Waals surface area contributed by atoms with Crippen molar-refractivity contribution in [2.45, 2.75) is 6.92 Å². The SMILES string of the molecule is CC(=O)NNc1cccs1. The van der Waals surface area contributed by atoms with Crippen LogP contribution in [-0.4, -0.2) is 5.91 Å². The summed E-state index contributed by atoms with van der Waals surface area (Å²) in [5.41, 5.74) is 5.21. The monoisotopic (exact) mass is 156 g/mol. The molecule has 1 aromatic heterocycles. The van der Waals surface area contributed by atoms with Gasteiger partial charge in [0.05, 0.1) is 0 Å². The Balaban J connectivity index is 2.35. The molecular weight excluding hydrogens is 148 g/mol. The van der Waals surface area contributed by atoms with Gasteiger partial charge in [0.25, 0.3) is 0 Å². The highest BCUT2D eigenvalue weighted by atomic mass is 32.1. The second kappa shape index (κ2) is 3.22. The summed E-state index contributed by atoms with van der Waals surface area (Å²) >= 11 is 1.54. The van der Waals surface area contributed by atoms with Crippen LogP contribution in [0.2, 0.25) is 0 Å². The fourth-order valence-corrected chi connectivity index (χ4v) is 1.07. The third kappa shape index (κ3) is 2.06. The number of carbonyl (C=O) groups is 1. The van der Waals surface area contributed by atoms with Crippen LogP contribution in [0.1, 0.15) is 6.92 Å². The summed E-state index contributed by atoms with van der Waals surface area (Å²) < 4.78 is 0. The van der Waals surface area contributed by atoms with Crippen LogP contribution in [0.4, 0.5) is 5.00 Å². The van der Waals surface area contributed by atoms with E-state index in [1.165, 1.54) is 18.3 Å². The number of hydrogen-bond donors (Lipinski definition) is 2. The molecule has 0 aliphatic heterocycles. The zero-order valence-corrected chi connectivity index (χ0v) is 6.37. The van der Waals surface area contributed by atoms with E-state index in [0.717, 1.165) is 5.00 Å². The summed E-state index contributed by atoms with van der Waals surface area (Å²) in [6.07, 6.45) is 0. The Morgan fingerprint density at radius 2 is 2.50 bits per heavy atom. The molecule has 4 heteroatoms. The van der Waals surface area contributed by atoms with Crippen LogP contribution in [-0.2, 0) is 4.79 Å². The molecule has 0 unspecified atom stereocenters. The summed E-state index contributed by atoms with van der Waals surface area (Å²) in [6, 6.07) is 3.80. The van der Waals surface area contributed by atoms with E-state index in [-0.39, 0.29) is 5.91 Å². The Bertz CT molecular complexity index is 208. The summed E-state index contributed by atoms with van der Waals surface area (Å²) in [6.45, 7) is 1.46. The van der Waals surface area contributed by atoms with Crippen molar-refractivity contribution in [2.75, 3.05) is 5.43 Å². The lowest BCUT2D eigenvalue weighted by atomic mass is 10.6. The molecule has 2 N–H and O–H groups in total. The van der Waals surface area contributed by atoms with E-state index in [0.29, 0.717) is 0 Å². The van der Waals surface area contributed by atoms with E-state index in [1.54, 1.807) is 0 Å². The number of hydrogen-bond acceptors (Lipinski definition) is 3. The van der Waals surface area contributed by atoms with E-state index in [9.17, 15) is 4.79 Å². The number of anilines is 1. The second-order valence-electron chi connectivity index (χ2n) is 1.78. The first-order chi connectivity index (χ1) is 4.79. The molecule has 0 saturated carbocycles. The predicted molar refractivity (Wildman–Crippen MR) is 41.8 cm³/mol. The molecule has 0 fully saturated rings. The van der Waals surface area contributed by atoms with Gasteiger partial charge in [-0.05, 0) is 17.5 Å². The third-order valence-electron chi connectivity index (χ3n) is 0.883. The van der Waals surface area contributed by atoms with Gasteiger partial charge in [0.15, 0.2) is 0 Å². The molecule has 0 aliphatic carbocycles. The molecule has 0 bridgehead atoms. The predicted octanol–water partition coefficient (Wildman–Crippen LogP) is 1.21. The topological polar surface area (TPSA) is 41.1 Å². The Morgan fingerprint density at radius 3 is 3.00 bits per heavy atom. The standard InChI is InChI=1S/C6H8N2OS/c1-5(9)7-8-6-3-2-4-10-6/h2-4,8H,1H3,(H,7,9). The minimum absolute atomic E-state index is 0.0894. The van der Waals surface area contributed by atoms with Crippen LogP contribution in [0.25, 0.3) is 0 Å². The lowest BCUT2D eigenvalue weighted by Crippen LogP contribution is -2.25. The van der Waals surface area contributed by atoms with E-state index in [2.05, 4.69) is 10.9 Å². The average Bonchev–Trinajstić information content (AvgIpc) is 2.34. The molecule has 0 aliphatic rings. The van der Waals surface area contributed by atoms with Gasteiger partial charge in [-0.2, -0.15) is 0 Å². The molecule has 0 radical (unpaired) electrons. The number of rotatable bonds is 2. The van der Waals surface area contributed by atoms with Crippen molar-refractivity contribution in [3.8, 4) is 0 Å². The molecule has 0 atom stereocenters. The average molecular weight is 156 g/mol. The number of amides is 1. The number of thiophene rings is 1. The van der Waals surface area contributed by atoms with Gasteiger partial charge in [-0.1, -0.05) is 0 Å².